The molecule has 0 fully saturated rings. The van der Waals surface area contributed by atoms with E-state index in [1.807, 2.05) is 6.92 Å². The molecule has 0 saturated carbocycles. The summed E-state index contributed by atoms with van der Waals surface area (Å²) in [6, 6.07) is 0. The average Bonchev–Trinajstić information content (AvgIpc) is 1.87. The van der Waals surface area contributed by atoms with Gasteiger partial charge < -0.3 is 0 Å². The van der Waals surface area contributed by atoms with Crippen molar-refractivity contribution in [2.45, 2.75) is 33.6 Å². The Morgan fingerprint density at radius 2 is 1.90 bits per heavy atom. The minimum atomic E-state index is -0.389. The van der Waals surface area contributed by atoms with Gasteiger partial charge in [0, 0.05) is 6.42 Å². The number of Topliss-reactive ketones (excluding diaryl/α,β-unsaturated/α-hetero) is 2. The summed E-state index contributed by atoms with van der Waals surface area (Å²) < 4.78 is 0. The van der Waals surface area contributed by atoms with Crippen molar-refractivity contribution < 1.29 is 9.59 Å². The van der Waals surface area contributed by atoms with E-state index < -0.39 is 0 Å². The number of carbonyl (C=O) groups excluding carboxylic acids is 2. The zero-order valence-electron chi connectivity index (χ0n) is 6.81. The van der Waals surface area contributed by atoms with Crippen LogP contribution in [0.1, 0.15) is 33.6 Å². The molecule has 2 nitrogen and oxygen atoms in total. The molecule has 0 aliphatic carbocycles. The Bertz CT molecular complexity index is 138. The summed E-state index contributed by atoms with van der Waals surface area (Å²) in [5.74, 6) is -0.353. The molecule has 0 N–H and O–H groups in total. The zero-order chi connectivity index (χ0) is 8.15. The van der Waals surface area contributed by atoms with Crippen molar-refractivity contribution in [2.75, 3.05) is 0 Å². The maximum Gasteiger partial charge on any atom is 0.143 e. The van der Waals surface area contributed by atoms with Crippen LogP contribution in [0.3, 0.4) is 0 Å². The van der Waals surface area contributed by atoms with Gasteiger partial charge in [-0.3, -0.25) is 9.59 Å². The molecular formula is C8H14O2. The lowest BCUT2D eigenvalue weighted by molar-refractivity contribution is -0.130. The van der Waals surface area contributed by atoms with E-state index in [1.165, 1.54) is 6.92 Å². The molecule has 0 bridgehead atoms. The van der Waals surface area contributed by atoms with Gasteiger partial charge in [-0.25, -0.2) is 0 Å². The molecule has 0 aromatic heterocycles. The smallest absolute Gasteiger partial charge is 0.143 e. The minimum absolute atomic E-state index is 0.0292. The van der Waals surface area contributed by atoms with Gasteiger partial charge in [-0.05, 0) is 20.3 Å². The second-order valence-electron chi connectivity index (χ2n) is 2.55. The van der Waals surface area contributed by atoms with Gasteiger partial charge in [-0.2, -0.15) is 0 Å². The lowest BCUT2D eigenvalue weighted by atomic mass is 9.99. The third kappa shape index (κ3) is 2.76. The third-order valence-electron chi connectivity index (χ3n) is 1.59. The molecule has 0 radical (unpaired) electrons. The predicted octanol–water partition coefficient (Wildman–Crippen LogP) is 1.58. The van der Waals surface area contributed by atoms with Crippen LogP contribution in [-0.4, -0.2) is 11.6 Å². The number of hydrogen-bond acceptors (Lipinski definition) is 2. The van der Waals surface area contributed by atoms with Crippen molar-refractivity contribution in [3.05, 3.63) is 0 Å². The molecule has 0 aliphatic rings. The summed E-state index contributed by atoms with van der Waals surface area (Å²) in [7, 11) is 0. The predicted molar refractivity (Wildman–Crippen MR) is 39.8 cm³/mol. The van der Waals surface area contributed by atoms with Crippen molar-refractivity contribution in [3.8, 4) is 0 Å². The van der Waals surface area contributed by atoms with E-state index in [4.69, 9.17) is 0 Å². The summed E-state index contributed by atoms with van der Waals surface area (Å²) in [5, 5.41) is 0. The molecule has 0 saturated heterocycles. The van der Waals surface area contributed by atoms with Crippen molar-refractivity contribution in [2.24, 2.45) is 5.92 Å². The Kier molecular flexibility index (Phi) is 3.93. The molecule has 10 heavy (non-hydrogen) atoms. The Hall–Kier alpha value is -0.660. The largest absolute Gasteiger partial charge is 0.299 e. The van der Waals surface area contributed by atoms with Crippen molar-refractivity contribution >= 4 is 11.6 Å². The highest BCUT2D eigenvalue weighted by molar-refractivity contribution is 6.00. The molecular weight excluding hydrogens is 128 g/mol. The Morgan fingerprint density at radius 1 is 1.40 bits per heavy atom. The fraction of sp³-hybridized carbons (Fsp3) is 0.750. The van der Waals surface area contributed by atoms with E-state index in [0.29, 0.717) is 6.42 Å². The van der Waals surface area contributed by atoms with Crippen LogP contribution in [0.25, 0.3) is 0 Å². The quantitative estimate of drug-likeness (QED) is 0.558. The van der Waals surface area contributed by atoms with E-state index in [9.17, 15) is 9.59 Å². The number of ketones is 2. The number of carbonyl (C=O) groups is 2. The molecule has 0 spiro atoms. The Balaban J connectivity index is 3.82. The van der Waals surface area contributed by atoms with E-state index in [1.54, 1.807) is 6.92 Å². The van der Waals surface area contributed by atoms with Crippen LogP contribution in [0.15, 0.2) is 0 Å². The topological polar surface area (TPSA) is 34.1 Å². The van der Waals surface area contributed by atoms with Gasteiger partial charge in [0.25, 0.3) is 0 Å². The van der Waals surface area contributed by atoms with Crippen LogP contribution in [0.5, 0.6) is 0 Å². The van der Waals surface area contributed by atoms with Crippen LogP contribution >= 0.6 is 0 Å². The van der Waals surface area contributed by atoms with Gasteiger partial charge in [0.1, 0.15) is 11.6 Å². The van der Waals surface area contributed by atoms with E-state index >= 15 is 0 Å². The second kappa shape index (κ2) is 4.20. The first-order valence-electron chi connectivity index (χ1n) is 3.62. The van der Waals surface area contributed by atoms with Crippen LogP contribution in [0, 0.1) is 5.92 Å². The Morgan fingerprint density at radius 3 is 2.20 bits per heavy atom. The van der Waals surface area contributed by atoms with Crippen LogP contribution < -0.4 is 0 Å². The SMILES string of the molecule is CCCC(=O)C(C)C(C)=O. The Labute approximate surface area is 61.6 Å². The summed E-state index contributed by atoms with van der Waals surface area (Å²) in [4.78, 5) is 21.6. The molecule has 1 unspecified atom stereocenters. The van der Waals surface area contributed by atoms with Gasteiger partial charge in [-0.15, -0.1) is 0 Å². The van der Waals surface area contributed by atoms with Gasteiger partial charge in [0.2, 0.25) is 0 Å². The molecule has 0 aromatic rings. The zero-order valence-corrected chi connectivity index (χ0v) is 6.81. The number of rotatable bonds is 4. The molecule has 0 rings (SSSR count). The minimum Gasteiger partial charge on any atom is -0.299 e. The monoisotopic (exact) mass is 142 g/mol. The van der Waals surface area contributed by atoms with Crippen LogP contribution in [0.2, 0.25) is 0 Å². The maximum atomic E-state index is 11.0. The molecule has 1 atom stereocenters. The molecule has 0 aromatic carbocycles. The maximum absolute atomic E-state index is 11.0. The first-order chi connectivity index (χ1) is 4.59. The summed E-state index contributed by atoms with van der Waals surface area (Å²) in [6.45, 7) is 5.06. The van der Waals surface area contributed by atoms with Crippen LogP contribution in [0.4, 0.5) is 0 Å². The molecule has 0 aliphatic heterocycles. The van der Waals surface area contributed by atoms with Crippen molar-refractivity contribution in [1.82, 2.24) is 0 Å². The van der Waals surface area contributed by atoms with E-state index in [2.05, 4.69) is 0 Å². The third-order valence-corrected chi connectivity index (χ3v) is 1.59. The van der Waals surface area contributed by atoms with Gasteiger partial charge in [0.05, 0.1) is 5.92 Å². The fourth-order valence-corrected chi connectivity index (χ4v) is 0.690. The van der Waals surface area contributed by atoms with Gasteiger partial charge in [0.15, 0.2) is 0 Å². The molecule has 0 amide bonds. The highest BCUT2D eigenvalue weighted by Gasteiger charge is 2.15. The lowest BCUT2D eigenvalue weighted by Crippen LogP contribution is -2.17. The normalized spacial score (nSPS) is 12.7. The summed E-state index contributed by atoms with van der Waals surface area (Å²) >= 11 is 0. The second-order valence-corrected chi connectivity index (χ2v) is 2.55. The van der Waals surface area contributed by atoms with Gasteiger partial charge >= 0.3 is 0 Å². The first-order valence-corrected chi connectivity index (χ1v) is 3.62. The molecule has 2 heteroatoms. The van der Waals surface area contributed by atoms with Gasteiger partial charge in [-0.1, -0.05) is 6.92 Å². The number of hydrogen-bond donors (Lipinski definition) is 0. The first kappa shape index (κ1) is 9.34. The highest BCUT2D eigenvalue weighted by Crippen LogP contribution is 2.03. The summed E-state index contributed by atoms with van der Waals surface area (Å²) in [5.41, 5.74) is 0. The van der Waals surface area contributed by atoms with E-state index in [0.717, 1.165) is 6.42 Å². The van der Waals surface area contributed by atoms with Crippen LogP contribution in [-0.2, 0) is 9.59 Å². The summed E-state index contributed by atoms with van der Waals surface area (Å²) in [6.07, 6.45) is 1.36. The average molecular weight is 142 g/mol. The van der Waals surface area contributed by atoms with Crippen molar-refractivity contribution in [1.29, 1.82) is 0 Å². The highest BCUT2D eigenvalue weighted by atomic mass is 16.1. The van der Waals surface area contributed by atoms with Crippen molar-refractivity contribution in [3.63, 3.8) is 0 Å². The lowest BCUT2D eigenvalue weighted by Gasteiger charge is -2.03. The molecule has 58 valence electrons. The standard InChI is InChI=1S/C8H14O2/c1-4-5-8(10)6(2)7(3)9/h6H,4-5H2,1-3H3. The molecule has 0 heterocycles. The van der Waals surface area contributed by atoms with E-state index in [-0.39, 0.29) is 17.5 Å². The fourth-order valence-electron chi connectivity index (χ4n) is 0.690.